The summed E-state index contributed by atoms with van der Waals surface area (Å²) in [7, 11) is 0. The second-order valence-electron chi connectivity index (χ2n) is 4.74. The second-order valence-corrected chi connectivity index (χ2v) is 4.74. The van der Waals surface area contributed by atoms with Crippen LogP contribution in [0.2, 0.25) is 0 Å². The molecular weight excluding hydrogens is 224 g/mol. The van der Waals surface area contributed by atoms with Crippen molar-refractivity contribution in [2.75, 3.05) is 6.54 Å². The highest BCUT2D eigenvalue weighted by atomic mass is 16.2. The zero-order chi connectivity index (χ0) is 12.4. The van der Waals surface area contributed by atoms with Gasteiger partial charge in [0.05, 0.1) is 0 Å². The smallest absolute Gasteiger partial charge is 0.277 e. The first kappa shape index (κ1) is 11.2. The van der Waals surface area contributed by atoms with Gasteiger partial charge in [0.1, 0.15) is 11.5 Å². The first-order valence-electron chi connectivity index (χ1n) is 6.51. The Hall–Kier alpha value is -1.90. The molecule has 2 aliphatic rings. The molecule has 1 saturated heterocycles. The minimum absolute atomic E-state index is 0.0655. The zero-order valence-electron chi connectivity index (χ0n) is 10.3. The summed E-state index contributed by atoms with van der Waals surface area (Å²) in [6.45, 7) is 0.823. The summed E-state index contributed by atoms with van der Waals surface area (Å²) in [4.78, 5) is 18.6. The Balaban J connectivity index is 1.91. The van der Waals surface area contributed by atoms with Crippen LogP contribution in [-0.4, -0.2) is 23.2 Å². The fourth-order valence-electron chi connectivity index (χ4n) is 2.46. The molecule has 0 atom stereocenters. The quantitative estimate of drug-likeness (QED) is 0.695. The van der Waals surface area contributed by atoms with E-state index in [1.54, 1.807) is 0 Å². The van der Waals surface area contributed by atoms with Crippen LogP contribution in [0.25, 0.3) is 6.08 Å². The third-order valence-corrected chi connectivity index (χ3v) is 3.41. The maximum atomic E-state index is 12.2. The molecule has 1 amide bonds. The minimum atomic E-state index is 0.0655. The lowest BCUT2D eigenvalue weighted by Crippen LogP contribution is -2.31. The van der Waals surface area contributed by atoms with Crippen molar-refractivity contribution >= 4 is 17.8 Å². The Morgan fingerprint density at radius 3 is 2.78 bits per heavy atom. The minimum Gasteiger partial charge on any atom is -0.295 e. The fourth-order valence-corrected chi connectivity index (χ4v) is 2.46. The number of benzene rings is 1. The molecule has 0 spiro atoms. The molecule has 1 aromatic carbocycles. The van der Waals surface area contributed by atoms with Gasteiger partial charge in [-0.15, -0.1) is 0 Å². The summed E-state index contributed by atoms with van der Waals surface area (Å²) in [5.41, 5.74) is 1.61. The van der Waals surface area contributed by atoms with E-state index in [4.69, 9.17) is 0 Å². The number of hydrogen-bond donors (Lipinski definition) is 0. The Morgan fingerprint density at radius 2 is 1.94 bits per heavy atom. The number of fused-ring (bicyclic) bond motifs is 1. The van der Waals surface area contributed by atoms with Crippen LogP contribution in [0.4, 0.5) is 0 Å². The standard InChI is InChI=1S/C15H16N2O/c18-15-13(11-12-7-3-1-4-8-12)16-14-9-5-2-6-10-17(14)15/h1,3-4,7-8,11H,2,5-6,9-10H2/b13-11+. The molecule has 0 unspecified atom stereocenters. The molecule has 3 heteroatoms. The van der Waals surface area contributed by atoms with Gasteiger partial charge >= 0.3 is 0 Å². The third-order valence-electron chi connectivity index (χ3n) is 3.41. The van der Waals surface area contributed by atoms with Crippen LogP contribution in [0.1, 0.15) is 31.2 Å². The van der Waals surface area contributed by atoms with Crippen molar-refractivity contribution in [3.8, 4) is 0 Å². The first-order chi connectivity index (χ1) is 8.84. The van der Waals surface area contributed by atoms with Crippen LogP contribution in [0, 0.1) is 0 Å². The van der Waals surface area contributed by atoms with Crippen molar-refractivity contribution in [2.24, 2.45) is 4.99 Å². The van der Waals surface area contributed by atoms with Crippen molar-refractivity contribution < 1.29 is 4.79 Å². The number of rotatable bonds is 1. The summed E-state index contributed by atoms with van der Waals surface area (Å²) in [5.74, 6) is 1.02. The predicted octanol–water partition coefficient (Wildman–Crippen LogP) is 2.84. The maximum Gasteiger partial charge on any atom is 0.277 e. The van der Waals surface area contributed by atoms with E-state index in [2.05, 4.69) is 4.99 Å². The van der Waals surface area contributed by atoms with Gasteiger partial charge in [0.15, 0.2) is 0 Å². The maximum absolute atomic E-state index is 12.2. The summed E-state index contributed by atoms with van der Waals surface area (Å²) >= 11 is 0. The van der Waals surface area contributed by atoms with Crippen LogP contribution in [-0.2, 0) is 4.79 Å². The molecule has 0 aromatic heterocycles. The topological polar surface area (TPSA) is 32.7 Å². The van der Waals surface area contributed by atoms with E-state index < -0.39 is 0 Å². The van der Waals surface area contributed by atoms with Crippen molar-refractivity contribution in [3.05, 3.63) is 41.6 Å². The van der Waals surface area contributed by atoms with Gasteiger partial charge in [-0.2, -0.15) is 0 Å². The van der Waals surface area contributed by atoms with E-state index in [1.807, 2.05) is 41.3 Å². The summed E-state index contributed by atoms with van der Waals surface area (Å²) in [6, 6.07) is 9.89. The second kappa shape index (κ2) is 4.77. The third kappa shape index (κ3) is 2.08. The van der Waals surface area contributed by atoms with Crippen molar-refractivity contribution in [1.82, 2.24) is 4.90 Å². The van der Waals surface area contributed by atoms with Crippen LogP contribution in [0.5, 0.6) is 0 Å². The van der Waals surface area contributed by atoms with E-state index in [0.717, 1.165) is 37.2 Å². The van der Waals surface area contributed by atoms with Gasteiger partial charge in [0, 0.05) is 13.0 Å². The molecule has 0 saturated carbocycles. The largest absolute Gasteiger partial charge is 0.295 e. The molecule has 0 bridgehead atoms. The van der Waals surface area contributed by atoms with Gasteiger partial charge in [-0.3, -0.25) is 9.69 Å². The Kier molecular flexibility index (Phi) is 2.97. The predicted molar refractivity (Wildman–Crippen MR) is 72.0 cm³/mol. The lowest BCUT2D eigenvalue weighted by atomic mass is 10.2. The summed E-state index contributed by atoms with van der Waals surface area (Å²) < 4.78 is 0. The number of nitrogens with zero attached hydrogens (tertiary/aromatic N) is 2. The molecule has 3 rings (SSSR count). The van der Waals surface area contributed by atoms with Gasteiger partial charge in [-0.05, 0) is 24.5 Å². The molecule has 1 fully saturated rings. The molecular formula is C15H16N2O. The zero-order valence-corrected chi connectivity index (χ0v) is 10.3. The first-order valence-corrected chi connectivity index (χ1v) is 6.51. The molecule has 18 heavy (non-hydrogen) atoms. The fraction of sp³-hybridized carbons (Fsp3) is 0.333. The molecule has 2 aliphatic heterocycles. The molecule has 3 nitrogen and oxygen atoms in total. The number of amides is 1. The van der Waals surface area contributed by atoms with Gasteiger partial charge in [0.25, 0.3) is 5.91 Å². The van der Waals surface area contributed by atoms with E-state index in [1.165, 1.54) is 6.42 Å². The highest BCUT2D eigenvalue weighted by Gasteiger charge is 2.30. The molecule has 0 N–H and O–H groups in total. The Labute approximate surface area is 107 Å². The Bertz CT molecular complexity index is 517. The van der Waals surface area contributed by atoms with Crippen LogP contribution < -0.4 is 0 Å². The van der Waals surface area contributed by atoms with E-state index in [0.29, 0.717) is 5.70 Å². The van der Waals surface area contributed by atoms with Crippen LogP contribution in [0.15, 0.2) is 41.0 Å². The van der Waals surface area contributed by atoms with Gasteiger partial charge in [-0.1, -0.05) is 36.8 Å². The molecule has 0 aliphatic carbocycles. The molecule has 2 heterocycles. The highest BCUT2D eigenvalue weighted by molar-refractivity contribution is 6.14. The average Bonchev–Trinajstić information content (AvgIpc) is 2.58. The van der Waals surface area contributed by atoms with Gasteiger partial charge < -0.3 is 0 Å². The monoisotopic (exact) mass is 240 g/mol. The van der Waals surface area contributed by atoms with Crippen LogP contribution in [0.3, 0.4) is 0 Å². The van der Waals surface area contributed by atoms with E-state index in [-0.39, 0.29) is 5.91 Å². The average molecular weight is 240 g/mol. The van der Waals surface area contributed by atoms with Crippen LogP contribution >= 0.6 is 0 Å². The lowest BCUT2D eigenvalue weighted by Gasteiger charge is -2.13. The van der Waals surface area contributed by atoms with Crippen molar-refractivity contribution in [3.63, 3.8) is 0 Å². The van der Waals surface area contributed by atoms with Gasteiger partial charge in [0.2, 0.25) is 0 Å². The number of carbonyl (C=O) groups is 1. The lowest BCUT2D eigenvalue weighted by molar-refractivity contribution is -0.122. The highest BCUT2D eigenvalue weighted by Crippen LogP contribution is 2.23. The number of hydrogen-bond acceptors (Lipinski definition) is 2. The Morgan fingerprint density at radius 1 is 1.11 bits per heavy atom. The van der Waals surface area contributed by atoms with Gasteiger partial charge in [-0.25, -0.2) is 4.99 Å². The number of amidine groups is 1. The number of aliphatic imine (C=N–C) groups is 1. The van der Waals surface area contributed by atoms with Crippen molar-refractivity contribution in [1.29, 1.82) is 0 Å². The van der Waals surface area contributed by atoms with Crippen molar-refractivity contribution in [2.45, 2.75) is 25.7 Å². The summed E-state index contributed by atoms with van der Waals surface area (Å²) in [6.07, 6.45) is 6.23. The molecule has 0 radical (unpaired) electrons. The molecule has 92 valence electrons. The SMILES string of the molecule is O=C1/C(=C\c2ccccc2)N=C2CCCCCN12. The number of carbonyl (C=O) groups excluding carboxylic acids is 1. The molecule has 1 aromatic rings. The normalized spacial score (nSPS) is 21.8. The van der Waals surface area contributed by atoms with E-state index in [9.17, 15) is 4.79 Å². The van der Waals surface area contributed by atoms with E-state index >= 15 is 0 Å². The summed E-state index contributed by atoms with van der Waals surface area (Å²) in [5, 5.41) is 0.